The molecule has 0 unspecified atom stereocenters. The van der Waals surface area contributed by atoms with E-state index < -0.39 is 10.7 Å². The standard InChI is InChI=1S/C10H11FN2O2/c11-7-3-4-8(9-2-1-5-12-9)10(6-7)13(14)15/h3-4,6,9,12H,1-2,5H2/t9-/m0/s1. The van der Waals surface area contributed by atoms with Crippen LogP contribution in [0.5, 0.6) is 0 Å². The summed E-state index contributed by atoms with van der Waals surface area (Å²) >= 11 is 0. The van der Waals surface area contributed by atoms with Gasteiger partial charge in [-0.25, -0.2) is 4.39 Å². The van der Waals surface area contributed by atoms with Gasteiger partial charge in [0, 0.05) is 11.6 Å². The monoisotopic (exact) mass is 210 g/mol. The molecule has 0 aromatic heterocycles. The zero-order chi connectivity index (χ0) is 10.8. The van der Waals surface area contributed by atoms with Crippen molar-refractivity contribution in [3.8, 4) is 0 Å². The molecule has 0 radical (unpaired) electrons. The molecule has 4 nitrogen and oxygen atoms in total. The van der Waals surface area contributed by atoms with Gasteiger partial charge in [0.25, 0.3) is 5.69 Å². The van der Waals surface area contributed by atoms with Gasteiger partial charge in [-0.1, -0.05) is 0 Å². The summed E-state index contributed by atoms with van der Waals surface area (Å²) in [6, 6.07) is 3.74. The van der Waals surface area contributed by atoms with E-state index in [9.17, 15) is 14.5 Å². The number of hydrogen-bond donors (Lipinski definition) is 1. The van der Waals surface area contributed by atoms with Crippen molar-refractivity contribution in [2.75, 3.05) is 6.54 Å². The van der Waals surface area contributed by atoms with Crippen molar-refractivity contribution in [2.45, 2.75) is 18.9 Å². The van der Waals surface area contributed by atoms with Crippen LogP contribution in [0.3, 0.4) is 0 Å². The van der Waals surface area contributed by atoms with Gasteiger partial charge in [0.1, 0.15) is 5.82 Å². The van der Waals surface area contributed by atoms with Crippen molar-refractivity contribution in [1.82, 2.24) is 5.32 Å². The summed E-state index contributed by atoms with van der Waals surface area (Å²) in [7, 11) is 0. The number of rotatable bonds is 2. The fraction of sp³-hybridized carbons (Fsp3) is 0.400. The Morgan fingerprint density at radius 2 is 2.33 bits per heavy atom. The number of benzene rings is 1. The van der Waals surface area contributed by atoms with Crippen molar-refractivity contribution in [3.05, 3.63) is 39.7 Å². The third kappa shape index (κ3) is 1.97. The van der Waals surface area contributed by atoms with Crippen LogP contribution in [0, 0.1) is 15.9 Å². The molecule has 1 heterocycles. The smallest absolute Gasteiger partial charge is 0.277 e. The minimum absolute atomic E-state index is 0.00833. The van der Waals surface area contributed by atoms with E-state index in [1.165, 1.54) is 12.1 Å². The molecule has 1 aromatic rings. The summed E-state index contributed by atoms with van der Waals surface area (Å²) in [4.78, 5) is 10.2. The van der Waals surface area contributed by atoms with E-state index in [1.807, 2.05) is 0 Å². The number of nitro benzene ring substituents is 1. The average molecular weight is 210 g/mol. The molecule has 1 aromatic carbocycles. The maximum Gasteiger partial charge on any atom is 0.277 e. The second kappa shape index (κ2) is 3.94. The Balaban J connectivity index is 2.40. The molecule has 5 heteroatoms. The minimum atomic E-state index is -0.566. The van der Waals surface area contributed by atoms with Crippen molar-refractivity contribution >= 4 is 5.69 Å². The average Bonchev–Trinajstić information content (AvgIpc) is 2.70. The van der Waals surface area contributed by atoms with E-state index in [-0.39, 0.29) is 11.7 Å². The summed E-state index contributed by atoms with van der Waals surface area (Å²) in [6.07, 6.45) is 1.87. The van der Waals surface area contributed by atoms with Crippen LogP contribution in [0.15, 0.2) is 18.2 Å². The molecule has 1 atom stereocenters. The Bertz CT molecular complexity index is 389. The van der Waals surface area contributed by atoms with Crippen molar-refractivity contribution < 1.29 is 9.31 Å². The van der Waals surface area contributed by atoms with Gasteiger partial charge < -0.3 is 5.32 Å². The number of halogens is 1. The summed E-state index contributed by atoms with van der Waals surface area (Å²) < 4.78 is 12.9. The molecule has 80 valence electrons. The van der Waals surface area contributed by atoms with Crippen LogP contribution in [-0.2, 0) is 0 Å². The van der Waals surface area contributed by atoms with Crippen LogP contribution in [0.2, 0.25) is 0 Å². The van der Waals surface area contributed by atoms with Gasteiger partial charge in [-0.3, -0.25) is 10.1 Å². The molecule has 1 saturated heterocycles. The molecule has 15 heavy (non-hydrogen) atoms. The van der Waals surface area contributed by atoms with Gasteiger partial charge in [-0.05, 0) is 31.5 Å². The quantitative estimate of drug-likeness (QED) is 0.601. The third-order valence-corrected chi connectivity index (χ3v) is 2.62. The topological polar surface area (TPSA) is 55.2 Å². The molecule has 0 spiro atoms. The van der Waals surface area contributed by atoms with E-state index in [0.29, 0.717) is 5.56 Å². The van der Waals surface area contributed by atoms with E-state index in [1.54, 1.807) is 0 Å². The summed E-state index contributed by atoms with van der Waals surface area (Å²) in [5.41, 5.74) is 0.452. The van der Waals surface area contributed by atoms with Gasteiger partial charge in [-0.2, -0.15) is 0 Å². The summed E-state index contributed by atoms with van der Waals surface area (Å²) in [5.74, 6) is -0.566. The first kappa shape index (κ1) is 10.0. The number of nitrogens with one attached hydrogen (secondary N) is 1. The minimum Gasteiger partial charge on any atom is -0.310 e. The lowest BCUT2D eigenvalue weighted by atomic mass is 10.0. The lowest BCUT2D eigenvalue weighted by Gasteiger charge is -2.10. The third-order valence-electron chi connectivity index (χ3n) is 2.62. The highest BCUT2D eigenvalue weighted by Gasteiger charge is 2.24. The Hall–Kier alpha value is -1.49. The first-order chi connectivity index (χ1) is 7.18. The zero-order valence-electron chi connectivity index (χ0n) is 8.07. The van der Waals surface area contributed by atoms with Gasteiger partial charge in [0.15, 0.2) is 0 Å². The van der Waals surface area contributed by atoms with Gasteiger partial charge in [0.2, 0.25) is 0 Å². The highest BCUT2D eigenvalue weighted by molar-refractivity contribution is 5.42. The number of nitro groups is 1. The predicted molar refractivity (Wildman–Crippen MR) is 53.0 cm³/mol. The predicted octanol–water partition coefficient (Wildman–Crippen LogP) is 2.16. The van der Waals surface area contributed by atoms with E-state index >= 15 is 0 Å². The lowest BCUT2D eigenvalue weighted by Crippen LogP contribution is -2.14. The van der Waals surface area contributed by atoms with Gasteiger partial charge in [0.05, 0.1) is 11.0 Å². The molecule has 2 rings (SSSR count). The molecule has 0 aliphatic carbocycles. The zero-order valence-corrected chi connectivity index (χ0v) is 8.07. The fourth-order valence-electron chi connectivity index (χ4n) is 1.92. The first-order valence-corrected chi connectivity index (χ1v) is 4.85. The fourth-order valence-corrected chi connectivity index (χ4v) is 1.92. The maximum atomic E-state index is 12.9. The number of nitrogens with zero attached hydrogens (tertiary/aromatic N) is 1. The highest BCUT2D eigenvalue weighted by Crippen LogP contribution is 2.30. The molecule has 1 fully saturated rings. The second-order valence-electron chi connectivity index (χ2n) is 3.61. The largest absolute Gasteiger partial charge is 0.310 e. The normalized spacial score (nSPS) is 20.5. The van der Waals surface area contributed by atoms with E-state index in [4.69, 9.17) is 0 Å². The molecule has 0 saturated carbocycles. The maximum absolute atomic E-state index is 12.9. The van der Waals surface area contributed by atoms with Gasteiger partial charge >= 0.3 is 0 Å². The van der Waals surface area contributed by atoms with E-state index in [0.717, 1.165) is 25.5 Å². The first-order valence-electron chi connectivity index (χ1n) is 4.85. The molecular formula is C10H11FN2O2. The van der Waals surface area contributed by atoms with Crippen LogP contribution in [0.25, 0.3) is 0 Å². The highest BCUT2D eigenvalue weighted by atomic mass is 19.1. The molecule has 0 amide bonds. The van der Waals surface area contributed by atoms with Crippen LogP contribution in [-0.4, -0.2) is 11.5 Å². The van der Waals surface area contributed by atoms with Crippen molar-refractivity contribution in [3.63, 3.8) is 0 Å². The van der Waals surface area contributed by atoms with Gasteiger partial charge in [-0.15, -0.1) is 0 Å². The molecule has 0 bridgehead atoms. The summed E-state index contributed by atoms with van der Waals surface area (Å²) in [5, 5.41) is 13.9. The molecule has 1 aliphatic heterocycles. The number of hydrogen-bond acceptors (Lipinski definition) is 3. The Morgan fingerprint density at radius 3 is 2.93 bits per heavy atom. The van der Waals surface area contributed by atoms with E-state index in [2.05, 4.69) is 5.32 Å². The Kier molecular flexibility index (Phi) is 2.64. The lowest BCUT2D eigenvalue weighted by molar-refractivity contribution is -0.386. The van der Waals surface area contributed by atoms with Crippen LogP contribution < -0.4 is 5.32 Å². The van der Waals surface area contributed by atoms with Crippen LogP contribution >= 0.6 is 0 Å². The molecular weight excluding hydrogens is 199 g/mol. The summed E-state index contributed by atoms with van der Waals surface area (Å²) in [6.45, 7) is 0.860. The second-order valence-corrected chi connectivity index (χ2v) is 3.61. The molecule has 1 aliphatic rings. The van der Waals surface area contributed by atoms with Crippen molar-refractivity contribution in [1.29, 1.82) is 0 Å². The SMILES string of the molecule is O=[N+]([O-])c1cc(F)ccc1[C@@H]1CCCN1. The van der Waals surface area contributed by atoms with Crippen molar-refractivity contribution in [2.24, 2.45) is 0 Å². The Labute approximate surface area is 86.3 Å². The van der Waals surface area contributed by atoms with Crippen LogP contribution in [0.1, 0.15) is 24.4 Å². The van der Waals surface area contributed by atoms with Crippen LogP contribution in [0.4, 0.5) is 10.1 Å². The Morgan fingerprint density at radius 1 is 1.53 bits per heavy atom. The molecule has 1 N–H and O–H groups in total.